The van der Waals surface area contributed by atoms with Crippen LogP contribution in [-0.4, -0.2) is 9.55 Å². The molecule has 0 aliphatic carbocycles. The van der Waals surface area contributed by atoms with Crippen LogP contribution >= 0.6 is 11.3 Å². The molecule has 3 nitrogen and oxygen atoms in total. The molecule has 0 amide bonds. The molecule has 0 bridgehead atoms. The van der Waals surface area contributed by atoms with Crippen LogP contribution in [0.1, 0.15) is 5.69 Å². The molecule has 0 saturated heterocycles. The van der Waals surface area contributed by atoms with Crippen molar-refractivity contribution < 1.29 is 0 Å². The normalized spacial score (nSPS) is 11.2. The van der Waals surface area contributed by atoms with E-state index in [2.05, 4.69) is 34.6 Å². The number of fused-ring (bicyclic) bond motifs is 1. The molecule has 2 aromatic heterocycles. The van der Waals surface area contributed by atoms with Crippen molar-refractivity contribution in [3.05, 3.63) is 35.3 Å². The van der Waals surface area contributed by atoms with Gasteiger partial charge in [0.2, 0.25) is 5.95 Å². The van der Waals surface area contributed by atoms with E-state index in [1.807, 2.05) is 18.5 Å². The number of hydrogen-bond acceptors (Lipinski definition) is 3. The summed E-state index contributed by atoms with van der Waals surface area (Å²) in [7, 11) is 1.94. The molecule has 0 radical (unpaired) electrons. The van der Waals surface area contributed by atoms with E-state index in [1.54, 1.807) is 11.3 Å². The number of rotatable bonds is 1. The predicted octanol–water partition coefficient (Wildman–Crippen LogP) is 3.19. The molecule has 0 aliphatic heterocycles. The number of aromatic nitrogens is 2. The Morgan fingerprint density at radius 2 is 2.06 bits per heavy atom. The number of nitrogens with zero attached hydrogens (tertiary/aromatic N) is 2. The molecule has 4 heteroatoms. The van der Waals surface area contributed by atoms with Gasteiger partial charge in [-0.3, -0.25) is 0 Å². The Bertz CT molecular complexity index is 694. The molecular weight excluding hydrogens is 230 g/mol. The first-order valence-electron chi connectivity index (χ1n) is 5.44. The van der Waals surface area contributed by atoms with Gasteiger partial charge in [0.1, 0.15) is 0 Å². The van der Waals surface area contributed by atoms with Crippen molar-refractivity contribution in [3.8, 4) is 11.3 Å². The van der Waals surface area contributed by atoms with Gasteiger partial charge in [0.25, 0.3) is 0 Å². The molecule has 0 spiro atoms. The van der Waals surface area contributed by atoms with E-state index >= 15 is 0 Å². The third kappa shape index (κ3) is 1.45. The molecule has 86 valence electrons. The molecule has 17 heavy (non-hydrogen) atoms. The largest absolute Gasteiger partial charge is 0.369 e. The van der Waals surface area contributed by atoms with E-state index in [0.717, 1.165) is 11.4 Å². The van der Waals surface area contributed by atoms with Crippen LogP contribution in [0.4, 0.5) is 5.95 Å². The van der Waals surface area contributed by atoms with Gasteiger partial charge >= 0.3 is 0 Å². The summed E-state index contributed by atoms with van der Waals surface area (Å²) >= 11 is 1.74. The number of hydrogen-bond donors (Lipinski definition) is 1. The number of nitrogens with two attached hydrogens (primary N) is 1. The second-order valence-electron chi connectivity index (χ2n) is 4.11. The topological polar surface area (TPSA) is 43.8 Å². The highest BCUT2D eigenvalue weighted by Gasteiger charge is 2.14. The van der Waals surface area contributed by atoms with Gasteiger partial charge in [-0.1, -0.05) is 18.2 Å². The summed E-state index contributed by atoms with van der Waals surface area (Å²) in [4.78, 5) is 4.45. The zero-order valence-electron chi connectivity index (χ0n) is 9.77. The third-order valence-electron chi connectivity index (χ3n) is 3.15. The second-order valence-corrected chi connectivity index (χ2v) is 5.02. The fraction of sp³-hybridized carbons (Fsp3) is 0.154. The zero-order valence-corrected chi connectivity index (χ0v) is 10.6. The molecule has 1 aromatic carbocycles. The van der Waals surface area contributed by atoms with Gasteiger partial charge in [0.05, 0.1) is 5.69 Å². The standard InChI is InChI=1S/C13H13N3S/c1-8-12(15-13(14)16(8)2)10-7-17-11-6-4-3-5-9(10)11/h3-7H,1-2H3,(H2,14,15). The monoisotopic (exact) mass is 243 g/mol. The molecule has 3 aromatic rings. The van der Waals surface area contributed by atoms with E-state index in [4.69, 9.17) is 5.73 Å². The van der Waals surface area contributed by atoms with Crippen molar-refractivity contribution in [1.29, 1.82) is 0 Å². The van der Waals surface area contributed by atoms with Crippen LogP contribution < -0.4 is 5.73 Å². The van der Waals surface area contributed by atoms with Gasteiger partial charge < -0.3 is 10.3 Å². The number of thiophene rings is 1. The Morgan fingerprint density at radius 3 is 2.76 bits per heavy atom. The Morgan fingerprint density at radius 1 is 1.29 bits per heavy atom. The van der Waals surface area contributed by atoms with Gasteiger partial charge in [-0.2, -0.15) is 0 Å². The minimum atomic E-state index is 0.563. The van der Waals surface area contributed by atoms with Crippen LogP contribution in [0.25, 0.3) is 21.3 Å². The van der Waals surface area contributed by atoms with Gasteiger partial charge in [-0.15, -0.1) is 11.3 Å². The second kappa shape index (κ2) is 3.60. The molecule has 3 rings (SSSR count). The summed E-state index contributed by atoms with van der Waals surface area (Å²) in [6.45, 7) is 2.05. The summed E-state index contributed by atoms with van der Waals surface area (Å²) in [6, 6.07) is 8.37. The lowest BCUT2D eigenvalue weighted by Crippen LogP contribution is -1.97. The minimum Gasteiger partial charge on any atom is -0.369 e. The molecule has 0 fully saturated rings. The van der Waals surface area contributed by atoms with E-state index in [0.29, 0.717) is 5.95 Å². The highest BCUT2D eigenvalue weighted by Crippen LogP contribution is 2.35. The molecule has 2 N–H and O–H groups in total. The summed E-state index contributed by atoms with van der Waals surface area (Å²) in [5, 5.41) is 3.40. The van der Waals surface area contributed by atoms with Crippen molar-refractivity contribution in [1.82, 2.24) is 9.55 Å². The van der Waals surface area contributed by atoms with Crippen LogP contribution in [0.2, 0.25) is 0 Å². The molecule has 0 unspecified atom stereocenters. The highest BCUT2D eigenvalue weighted by atomic mass is 32.1. The Labute approximate surface area is 104 Å². The predicted molar refractivity (Wildman–Crippen MR) is 73.2 cm³/mol. The number of anilines is 1. The molecular formula is C13H13N3S. The Hall–Kier alpha value is -1.81. The lowest BCUT2D eigenvalue weighted by Gasteiger charge is -1.99. The van der Waals surface area contributed by atoms with Crippen LogP contribution in [0.15, 0.2) is 29.6 Å². The fourth-order valence-electron chi connectivity index (χ4n) is 2.02. The highest BCUT2D eigenvalue weighted by molar-refractivity contribution is 7.17. The summed E-state index contributed by atoms with van der Waals surface area (Å²) in [5.74, 6) is 0.563. The Balaban J connectivity index is 2.31. The Kier molecular flexibility index (Phi) is 2.19. The van der Waals surface area contributed by atoms with Gasteiger partial charge in [0.15, 0.2) is 0 Å². The first kappa shape index (κ1) is 10.4. The van der Waals surface area contributed by atoms with E-state index in [9.17, 15) is 0 Å². The maximum atomic E-state index is 5.85. The number of nitrogen functional groups attached to an aromatic ring is 1. The van der Waals surface area contributed by atoms with E-state index < -0.39 is 0 Å². The summed E-state index contributed by atoms with van der Waals surface area (Å²) in [6.07, 6.45) is 0. The van der Waals surface area contributed by atoms with Crippen LogP contribution in [0.5, 0.6) is 0 Å². The summed E-state index contributed by atoms with van der Waals surface area (Å²) < 4.78 is 3.20. The van der Waals surface area contributed by atoms with Crippen molar-refractivity contribution >= 4 is 27.4 Å². The maximum absolute atomic E-state index is 5.85. The first-order chi connectivity index (χ1) is 8.18. The summed E-state index contributed by atoms with van der Waals surface area (Å²) in [5.41, 5.74) is 9.11. The SMILES string of the molecule is Cc1c(-c2csc3ccccc23)nc(N)n1C. The zero-order chi connectivity index (χ0) is 12.0. The smallest absolute Gasteiger partial charge is 0.200 e. The van der Waals surface area contributed by atoms with E-state index in [-0.39, 0.29) is 0 Å². The average molecular weight is 243 g/mol. The quantitative estimate of drug-likeness (QED) is 0.713. The van der Waals surface area contributed by atoms with Crippen LogP contribution in [-0.2, 0) is 7.05 Å². The molecule has 0 saturated carbocycles. The molecule has 0 aliphatic rings. The lowest BCUT2D eigenvalue weighted by atomic mass is 10.1. The first-order valence-corrected chi connectivity index (χ1v) is 6.32. The van der Waals surface area contributed by atoms with Crippen molar-refractivity contribution in [2.75, 3.05) is 5.73 Å². The number of benzene rings is 1. The van der Waals surface area contributed by atoms with Crippen molar-refractivity contribution in [3.63, 3.8) is 0 Å². The van der Waals surface area contributed by atoms with Crippen molar-refractivity contribution in [2.24, 2.45) is 7.05 Å². The molecule has 2 heterocycles. The third-order valence-corrected chi connectivity index (χ3v) is 4.12. The average Bonchev–Trinajstić information content (AvgIpc) is 2.86. The van der Waals surface area contributed by atoms with Crippen molar-refractivity contribution in [2.45, 2.75) is 6.92 Å². The molecule has 0 atom stereocenters. The van der Waals surface area contributed by atoms with Gasteiger partial charge in [-0.25, -0.2) is 4.98 Å². The van der Waals surface area contributed by atoms with Gasteiger partial charge in [-0.05, 0) is 13.0 Å². The maximum Gasteiger partial charge on any atom is 0.200 e. The lowest BCUT2D eigenvalue weighted by molar-refractivity contribution is 0.889. The number of imidazole rings is 1. The van der Waals surface area contributed by atoms with Crippen LogP contribution in [0.3, 0.4) is 0 Å². The van der Waals surface area contributed by atoms with E-state index in [1.165, 1.54) is 15.6 Å². The van der Waals surface area contributed by atoms with Crippen LogP contribution in [0, 0.1) is 6.92 Å². The minimum absolute atomic E-state index is 0.563. The fourth-order valence-corrected chi connectivity index (χ4v) is 2.96. The van der Waals surface area contributed by atoms with Gasteiger partial charge in [0, 0.05) is 33.8 Å².